The Labute approximate surface area is 107 Å². The van der Waals surface area contributed by atoms with Gasteiger partial charge in [0.15, 0.2) is 5.82 Å². The number of hydrogen-bond donors (Lipinski definition) is 1. The van der Waals surface area contributed by atoms with Crippen LogP contribution in [0.1, 0.15) is 0 Å². The first-order chi connectivity index (χ1) is 8.47. The van der Waals surface area contributed by atoms with Gasteiger partial charge in [-0.3, -0.25) is 4.68 Å². The van der Waals surface area contributed by atoms with Crippen molar-refractivity contribution in [3.05, 3.63) is 28.9 Å². The number of hydrogen-bond acceptors (Lipinski definition) is 3. The van der Waals surface area contributed by atoms with Gasteiger partial charge in [0.25, 0.3) is 0 Å². The number of halogens is 3. The molecule has 0 aliphatic carbocycles. The van der Waals surface area contributed by atoms with E-state index in [9.17, 15) is 8.78 Å². The average Bonchev–Trinajstić information content (AvgIpc) is 2.66. The molecular formula is C11H10ClF2N3O. The number of nitrogens with zero attached hydrogens (tertiary/aromatic N) is 2. The lowest BCUT2D eigenvalue weighted by atomic mass is 10.1. The summed E-state index contributed by atoms with van der Waals surface area (Å²) in [5.74, 6) is -1.66. The third kappa shape index (κ3) is 1.78. The predicted molar refractivity (Wildman–Crippen MR) is 64.5 cm³/mol. The fourth-order valence-corrected chi connectivity index (χ4v) is 1.83. The van der Waals surface area contributed by atoms with Gasteiger partial charge in [-0.05, 0) is 0 Å². The summed E-state index contributed by atoms with van der Waals surface area (Å²) in [6.45, 7) is 0. The smallest absolute Gasteiger partial charge is 0.156 e. The fraction of sp³-hybridized carbons (Fsp3) is 0.182. The summed E-state index contributed by atoms with van der Waals surface area (Å²) in [5, 5.41) is 3.54. The minimum Gasteiger partial charge on any atom is -0.495 e. The number of aromatic nitrogens is 2. The Morgan fingerprint density at radius 2 is 2.11 bits per heavy atom. The monoisotopic (exact) mass is 273 g/mol. The molecule has 1 aromatic carbocycles. The molecule has 0 saturated carbocycles. The van der Waals surface area contributed by atoms with Crippen LogP contribution in [0.3, 0.4) is 0 Å². The lowest BCUT2D eigenvalue weighted by Crippen LogP contribution is -2.00. The van der Waals surface area contributed by atoms with Gasteiger partial charge < -0.3 is 10.5 Å². The molecule has 0 atom stereocenters. The van der Waals surface area contributed by atoms with Crippen LogP contribution >= 0.6 is 11.6 Å². The molecule has 2 N–H and O–H groups in total. The molecule has 1 heterocycles. The molecule has 0 bridgehead atoms. The van der Waals surface area contributed by atoms with E-state index in [-0.39, 0.29) is 27.7 Å². The number of methoxy groups -OCH3 is 1. The van der Waals surface area contributed by atoms with Crippen molar-refractivity contribution in [3.8, 4) is 16.9 Å². The summed E-state index contributed by atoms with van der Waals surface area (Å²) < 4.78 is 34.0. The van der Waals surface area contributed by atoms with Gasteiger partial charge in [0.2, 0.25) is 0 Å². The molecule has 0 spiro atoms. The van der Waals surface area contributed by atoms with E-state index in [2.05, 4.69) is 5.10 Å². The van der Waals surface area contributed by atoms with Crippen LogP contribution in [0.2, 0.25) is 5.02 Å². The largest absolute Gasteiger partial charge is 0.495 e. The van der Waals surface area contributed by atoms with Gasteiger partial charge in [-0.2, -0.15) is 5.10 Å². The Morgan fingerprint density at radius 3 is 2.61 bits per heavy atom. The zero-order valence-electron chi connectivity index (χ0n) is 9.67. The lowest BCUT2D eigenvalue weighted by molar-refractivity contribution is 0.407. The summed E-state index contributed by atoms with van der Waals surface area (Å²) in [6, 6.07) is 1.01. The Kier molecular flexibility index (Phi) is 3.13. The number of anilines is 1. The number of nitrogen functional groups attached to an aromatic ring is 1. The van der Waals surface area contributed by atoms with Crippen molar-refractivity contribution < 1.29 is 13.5 Å². The molecule has 0 saturated heterocycles. The van der Waals surface area contributed by atoms with Crippen LogP contribution in [-0.4, -0.2) is 16.9 Å². The van der Waals surface area contributed by atoms with Gasteiger partial charge in [-0.25, -0.2) is 8.78 Å². The highest BCUT2D eigenvalue weighted by Gasteiger charge is 2.22. The molecule has 0 radical (unpaired) electrons. The minimum atomic E-state index is -0.923. The molecule has 0 fully saturated rings. The predicted octanol–water partition coefficient (Wildman–Crippen LogP) is 2.61. The SMILES string of the molecule is COc1cc(F)c(-c2cnn(C)c2N)c(F)c1Cl. The van der Waals surface area contributed by atoms with Crippen molar-refractivity contribution in [1.82, 2.24) is 9.78 Å². The van der Waals surface area contributed by atoms with Gasteiger partial charge >= 0.3 is 0 Å². The van der Waals surface area contributed by atoms with E-state index in [1.165, 1.54) is 18.0 Å². The van der Waals surface area contributed by atoms with E-state index in [1.807, 2.05) is 0 Å². The Bertz CT molecular complexity index is 613. The maximum Gasteiger partial charge on any atom is 0.156 e. The molecule has 4 nitrogen and oxygen atoms in total. The number of benzene rings is 1. The molecule has 7 heteroatoms. The molecule has 0 unspecified atom stereocenters. The molecule has 2 rings (SSSR count). The summed E-state index contributed by atoms with van der Waals surface area (Å²) in [4.78, 5) is 0. The summed E-state index contributed by atoms with van der Waals surface area (Å²) in [6.07, 6.45) is 1.28. The van der Waals surface area contributed by atoms with Crippen LogP contribution in [0.25, 0.3) is 11.1 Å². The highest BCUT2D eigenvalue weighted by molar-refractivity contribution is 6.32. The van der Waals surface area contributed by atoms with E-state index < -0.39 is 11.6 Å². The first-order valence-electron chi connectivity index (χ1n) is 4.96. The zero-order valence-corrected chi connectivity index (χ0v) is 10.4. The molecule has 18 heavy (non-hydrogen) atoms. The number of ether oxygens (including phenoxy) is 1. The second-order valence-corrected chi connectivity index (χ2v) is 4.01. The summed E-state index contributed by atoms with van der Waals surface area (Å²) >= 11 is 5.74. The molecule has 2 aromatic rings. The van der Waals surface area contributed by atoms with Crippen molar-refractivity contribution in [2.75, 3.05) is 12.8 Å². The number of rotatable bonds is 2. The van der Waals surface area contributed by atoms with Gasteiger partial charge in [0.1, 0.15) is 22.4 Å². The van der Waals surface area contributed by atoms with E-state index >= 15 is 0 Å². The minimum absolute atomic E-state index is 0.0714. The molecule has 0 aliphatic rings. The number of nitrogens with two attached hydrogens (primary N) is 1. The highest BCUT2D eigenvalue weighted by Crippen LogP contribution is 2.38. The first-order valence-corrected chi connectivity index (χ1v) is 5.34. The van der Waals surface area contributed by atoms with Gasteiger partial charge in [0.05, 0.1) is 18.9 Å². The normalized spacial score (nSPS) is 10.7. The van der Waals surface area contributed by atoms with Gasteiger partial charge in [-0.1, -0.05) is 11.6 Å². The third-order valence-corrected chi connectivity index (χ3v) is 2.95. The first kappa shape index (κ1) is 12.6. The fourth-order valence-electron chi connectivity index (χ4n) is 1.61. The van der Waals surface area contributed by atoms with Crippen molar-refractivity contribution in [2.24, 2.45) is 7.05 Å². The van der Waals surface area contributed by atoms with Crippen LogP contribution in [-0.2, 0) is 7.05 Å². The quantitative estimate of drug-likeness (QED) is 0.856. The maximum atomic E-state index is 14.0. The van der Waals surface area contributed by atoms with Crippen molar-refractivity contribution in [1.29, 1.82) is 0 Å². The molecule has 96 valence electrons. The van der Waals surface area contributed by atoms with Crippen LogP contribution in [0.15, 0.2) is 12.3 Å². The Balaban J connectivity index is 2.73. The van der Waals surface area contributed by atoms with Crippen LogP contribution in [0.4, 0.5) is 14.6 Å². The van der Waals surface area contributed by atoms with Crippen molar-refractivity contribution in [3.63, 3.8) is 0 Å². The highest BCUT2D eigenvalue weighted by atomic mass is 35.5. The van der Waals surface area contributed by atoms with Crippen LogP contribution < -0.4 is 10.5 Å². The average molecular weight is 274 g/mol. The van der Waals surface area contributed by atoms with Crippen molar-refractivity contribution in [2.45, 2.75) is 0 Å². The molecule has 0 aliphatic heterocycles. The molecular weight excluding hydrogens is 264 g/mol. The topological polar surface area (TPSA) is 53.1 Å². The van der Waals surface area contributed by atoms with Gasteiger partial charge in [-0.15, -0.1) is 0 Å². The second-order valence-electron chi connectivity index (χ2n) is 3.63. The van der Waals surface area contributed by atoms with Crippen molar-refractivity contribution >= 4 is 17.4 Å². The van der Waals surface area contributed by atoms with E-state index in [1.54, 1.807) is 7.05 Å². The van der Waals surface area contributed by atoms with Crippen LogP contribution in [0.5, 0.6) is 5.75 Å². The second kappa shape index (κ2) is 4.45. The Hall–Kier alpha value is -1.82. The summed E-state index contributed by atoms with van der Waals surface area (Å²) in [7, 11) is 2.85. The molecule has 0 amide bonds. The number of aryl methyl sites for hydroxylation is 1. The van der Waals surface area contributed by atoms with E-state index in [0.717, 1.165) is 6.07 Å². The maximum absolute atomic E-state index is 14.0. The lowest BCUT2D eigenvalue weighted by Gasteiger charge is -2.09. The van der Waals surface area contributed by atoms with E-state index in [4.69, 9.17) is 22.1 Å². The standard InChI is InChI=1S/C11H10ClF2N3O/c1-17-11(15)5(4-16-17)8-6(13)3-7(18-2)9(12)10(8)14/h3-4H,15H2,1-2H3. The van der Waals surface area contributed by atoms with Gasteiger partial charge in [0, 0.05) is 18.7 Å². The van der Waals surface area contributed by atoms with Crippen LogP contribution in [0, 0.1) is 11.6 Å². The Morgan fingerprint density at radius 1 is 1.44 bits per heavy atom. The third-order valence-electron chi connectivity index (χ3n) is 2.60. The summed E-state index contributed by atoms with van der Waals surface area (Å²) in [5.41, 5.74) is 5.52. The van der Waals surface area contributed by atoms with E-state index in [0.29, 0.717) is 0 Å². The zero-order chi connectivity index (χ0) is 13.4. The molecule has 1 aromatic heterocycles.